The average Bonchev–Trinajstić information content (AvgIpc) is 2.75. The van der Waals surface area contributed by atoms with Gasteiger partial charge < -0.3 is 9.84 Å². The Balaban J connectivity index is 1.86. The van der Waals surface area contributed by atoms with Gasteiger partial charge in [0, 0.05) is 12.8 Å². The van der Waals surface area contributed by atoms with E-state index in [1.807, 2.05) is 0 Å². The number of hydrogen-bond acceptors (Lipinski definition) is 4. The second-order valence-electron chi connectivity index (χ2n) is 5.34. The molecule has 2 fully saturated rings. The SMILES string of the molecule is O=C1CC2(CCCC2)CC(=O)N1CCOCCO. The quantitative estimate of drug-likeness (QED) is 0.580. The smallest absolute Gasteiger partial charge is 0.229 e. The molecule has 5 heteroatoms. The molecule has 0 aromatic rings. The van der Waals surface area contributed by atoms with E-state index in [0.29, 0.717) is 26.0 Å². The van der Waals surface area contributed by atoms with Crippen molar-refractivity contribution < 1.29 is 19.4 Å². The molecule has 2 aliphatic rings. The molecular formula is C13H21NO4. The number of amides is 2. The number of piperidine rings is 1. The molecule has 1 spiro atoms. The number of aliphatic hydroxyl groups is 1. The third-order valence-electron chi connectivity index (χ3n) is 4.01. The van der Waals surface area contributed by atoms with Crippen molar-refractivity contribution >= 4 is 11.8 Å². The highest BCUT2D eigenvalue weighted by Crippen LogP contribution is 2.46. The fourth-order valence-corrected chi connectivity index (χ4v) is 3.08. The van der Waals surface area contributed by atoms with Crippen molar-refractivity contribution in [3.8, 4) is 0 Å². The Kier molecular flexibility index (Phi) is 4.35. The van der Waals surface area contributed by atoms with E-state index in [4.69, 9.17) is 9.84 Å². The van der Waals surface area contributed by atoms with E-state index in [-0.39, 0.29) is 30.4 Å². The molecule has 0 unspecified atom stereocenters. The fourth-order valence-electron chi connectivity index (χ4n) is 3.08. The molecular weight excluding hydrogens is 234 g/mol. The van der Waals surface area contributed by atoms with Gasteiger partial charge in [0.15, 0.2) is 0 Å². The van der Waals surface area contributed by atoms with E-state index in [0.717, 1.165) is 25.7 Å². The van der Waals surface area contributed by atoms with Crippen LogP contribution in [0.15, 0.2) is 0 Å². The van der Waals surface area contributed by atoms with Crippen LogP contribution in [0.1, 0.15) is 38.5 Å². The zero-order valence-electron chi connectivity index (χ0n) is 10.7. The Morgan fingerprint density at radius 2 is 1.72 bits per heavy atom. The molecule has 1 aliphatic carbocycles. The number of imide groups is 1. The lowest BCUT2D eigenvalue weighted by Crippen LogP contribution is -2.48. The number of carbonyl (C=O) groups is 2. The van der Waals surface area contributed by atoms with Crippen LogP contribution in [0.25, 0.3) is 0 Å². The molecule has 1 saturated heterocycles. The minimum atomic E-state index is -0.0549. The van der Waals surface area contributed by atoms with Crippen LogP contribution in [-0.4, -0.2) is 48.2 Å². The van der Waals surface area contributed by atoms with Gasteiger partial charge in [0.1, 0.15) is 0 Å². The molecule has 1 heterocycles. The van der Waals surface area contributed by atoms with Crippen LogP contribution in [0.4, 0.5) is 0 Å². The van der Waals surface area contributed by atoms with E-state index >= 15 is 0 Å². The van der Waals surface area contributed by atoms with Crippen molar-refractivity contribution in [2.24, 2.45) is 5.41 Å². The van der Waals surface area contributed by atoms with Crippen LogP contribution in [0.3, 0.4) is 0 Å². The first-order chi connectivity index (χ1) is 8.67. The largest absolute Gasteiger partial charge is 0.394 e. The standard InChI is InChI=1S/C13H21NO4/c15-6-8-18-7-5-14-11(16)9-13(10-12(14)17)3-1-2-4-13/h15H,1-10H2. The highest BCUT2D eigenvalue weighted by atomic mass is 16.5. The van der Waals surface area contributed by atoms with Crippen molar-refractivity contribution in [2.75, 3.05) is 26.4 Å². The highest BCUT2D eigenvalue weighted by Gasteiger charge is 2.44. The Morgan fingerprint density at radius 1 is 1.11 bits per heavy atom. The van der Waals surface area contributed by atoms with Gasteiger partial charge in [0.05, 0.1) is 26.4 Å². The zero-order chi connectivity index (χ0) is 13.0. The van der Waals surface area contributed by atoms with Crippen molar-refractivity contribution in [3.05, 3.63) is 0 Å². The molecule has 1 aliphatic heterocycles. The molecule has 0 radical (unpaired) electrons. The Morgan fingerprint density at radius 3 is 2.28 bits per heavy atom. The molecule has 102 valence electrons. The van der Waals surface area contributed by atoms with Crippen LogP contribution in [0.2, 0.25) is 0 Å². The van der Waals surface area contributed by atoms with E-state index in [2.05, 4.69) is 0 Å². The molecule has 0 aromatic carbocycles. The van der Waals surface area contributed by atoms with E-state index in [1.165, 1.54) is 4.90 Å². The minimum Gasteiger partial charge on any atom is -0.394 e. The maximum atomic E-state index is 12.0. The molecule has 2 rings (SSSR count). The minimum absolute atomic E-state index is 0.0311. The first-order valence-corrected chi connectivity index (χ1v) is 6.69. The lowest BCUT2D eigenvalue weighted by Gasteiger charge is -2.37. The monoisotopic (exact) mass is 255 g/mol. The fraction of sp³-hybridized carbons (Fsp3) is 0.846. The topological polar surface area (TPSA) is 66.8 Å². The van der Waals surface area contributed by atoms with Crippen LogP contribution in [-0.2, 0) is 14.3 Å². The van der Waals surface area contributed by atoms with Crippen LogP contribution in [0, 0.1) is 5.41 Å². The summed E-state index contributed by atoms with van der Waals surface area (Å²) < 4.78 is 5.10. The maximum Gasteiger partial charge on any atom is 0.229 e. The first kappa shape index (κ1) is 13.5. The Hall–Kier alpha value is -0.940. The van der Waals surface area contributed by atoms with E-state index < -0.39 is 0 Å². The number of rotatable bonds is 5. The number of carbonyl (C=O) groups excluding carboxylic acids is 2. The molecule has 5 nitrogen and oxygen atoms in total. The summed E-state index contributed by atoms with van der Waals surface area (Å²) in [6, 6.07) is 0. The number of ether oxygens (including phenoxy) is 1. The lowest BCUT2D eigenvalue weighted by atomic mass is 9.76. The van der Waals surface area contributed by atoms with E-state index in [1.54, 1.807) is 0 Å². The molecule has 18 heavy (non-hydrogen) atoms. The second-order valence-corrected chi connectivity index (χ2v) is 5.34. The Bertz CT molecular complexity index is 303. The highest BCUT2D eigenvalue weighted by molar-refractivity contribution is 5.98. The molecule has 0 bridgehead atoms. The van der Waals surface area contributed by atoms with Crippen LogP contribution in [0.5, 0.6) is 0 Å². The Labute approximate surface area is 107 Å². The average molecular weight is 255 g/mol. The number of nitrogens with zero attached hydrogens (tertiary/aromatic N) is 1. The van der Waals surface area contributed by atoms with Crippen molar-refractivity contribution in [1.29, 1.82) is 0 Å². The van der Waals surface area contributed by atoms with Gasteiger partial charge >= 0.3 is 0 Å². The van der Waals surface area contributed by atoms with Crippen molar-refractivity contribution in [1.82, 2.24) is 4.90 Å². The van der Waals surface area contributed by atoms with Gasteiger partial charge in [-0.1, -0.05) is 12.8 Å². The summed E-state index contributed by atoms with van der Waals surface area (Å²) in [5, 5.41) is 8.57. The summed E-state index contributed by atoms with van der Waals surface area (Å²) in [6.07, 6.45) is 5.33. The van der Waals surface area contributed by atoms with Gasteiger partial charge in [-0.3, -0.25) is 14.5 Å². The number of likely N-dealkylation sites (tertiary alicyclic amines) is 1. The molecule has 1 saturated carbocycles. The zero-order valence-corrected chi connectivity index (χ0v) is 10.7. The predicted molar refractivity (Wildman–Crippen MR) is 64.8 cm³/mol. The lowest BCUT2D eigenvalue weighted by molar-refractivity contribution is -0.154. The molecule has 0 aromatic heterocycles. The molecule has 1 N–H and O–H groups in total. The third kappa shape index (κ3) is 2.90. The summed E-state index contributed by atoms with van der Waals surface area (Å²) in [5.74, 6) is -0.110. The van der Waals surface area contributed by atoms with Crippen LogP contribution >= 0.6 is 0 Å². The van der Waals surface area contributed by atoms with Gasteiger partial charge in [-0.05, 0) is 18.3 Å². The predicted octanol–water partition coefficient (Wildman–Crippen LogP) is 0.705. The summed E-state index contributed by atoms with van der Waals surface area (Å²) >= 11 is 0. The maximum absolute atomic E-state index is 12.0. The normalized spacial score (nSPS) is 23.1. The summed E-state index contributed by atoms with van der Waals surface area (Å²) in [5.41, 5.74) is -0.0311. The number of hydrogen-bond donors (Lipinski definition) is 1. The first-order valence-electron chi connectivity index (χ1n) is 6.69. The van der Waals surface area contributed by atoms with Gasteiger partial charge in [-0.15, -0.1) is 0 Å². The van der Waals surface area contributed by atoms with Crippen LogP contribution < -0.4 is 0 Å². The summed E-state index contributed by atoms with van der Waals surface area (Å²) in [4.78, 5) is 25.4. The summed E-state index contributed by atoms with van der Waals surface area (Å²) in [6.45, 7) is 0.837. The molecule has 0 atom stereocenters. The second kappa shape index (κ2) is 5.80. The van der Waals surface area contributed by atoms with Gasteiger partial charge in [0.25, 0.3) is 0 Å². The number of aliphatic hydroxyl groups excluding tert-OH is 1. The van der Waals surface area contributed by atoms with Crippen molar-refractivity contribution in [3.63, 3.8) is 0 Å². The van der Waals surface area contributed by atoms with E-state index in [9.17, 15) is 9.59 Å². The summed E-state index contributed by atoms with van der Waals surface area (Å²) in [7, 11) is 0. The molecule has 2 amide bonds. The third-order valence-corrected chi connectivity index (χ3v) is 4.01. The van der Waals surface area contributed by atoms with Gasteiger partial charge in [0.2, 0.25) is 11.8 Å². The van der Waals surface area contributed by atoms with Gasteiger partial charge in [-0.25, -0.2) is 0 Å². The van der Waals surface area contributed by atoms with Gasteiger partial charge in [-0.2, -0.15) is 0 Å². The van der Waals surface area contributed by atoms with Crippen molar-refractivity contribution in [2.45, 2.75) is 38.5 Å².